The Balaban J connectivity index is 3.72. The molecule has 0 amide bonds. The van der Waals surface area contributed by atoms with Crippen molar-refractivity contribution in [2.75, 3.05) is 7.11 Å². The van der Waals surface area contributed by atoms with Crippen LogP contribution in [0.25, 0.3) is 0 Å². The molecule has 0 heterocycles. The molecular formula is C9H6ClNO4S. The molecule has 0 fully saturated rings. The molecule has 0 bridgehead atoms. The predicted octanol–water partition coefficient (Wildman–Crippen LogP) is 1.31. The molecule has 0 aliphatic carbocycles. The number of aldehydes is 1. The number of ether oxygens (including phenoxy) is 1. The molecule has 1 aromatic rings. The lowest BCUT2D eigenvalue weighted by Crippen LogP contribution is -2.02. The summed E-state index contributed by atoms with van der Waals surface area (Å²) in [6, 6.07) is 4.10. The van der Waals surface area contributed by atoms with Gasteiger partial charge in [-0.15, -0.1) is 0 Å². The SMILES string of the molecule is COc1cc(C#N)cc(C=O)c1S(=O)(=O)Cl. The predicted molar refractivity (Wildman–Crippen MR) is 56.1 cm³/mol. The molecule has 0 aliphatic rings. The van der Waals surface area contributed by atoms with Gasteiger partial charge in [-0.3, -0.25) is 4.79 Å². The summed E-state index contributed by atoms with van der Waals surface area (Å²) >= 11 is 0. The molecular weight excluding hydrogens is 254 g/mol. The Morgan fingerprint density at radius 1 is 1.50 bits per heavy atom. The van der Waals surface area contributed by atoms with Crippen molar-refractivity contribution < 1.29 is 17.9 Å². The van der Waals surface area contributed by atoms with Crippen LogP contribution in [0.5, 0.6) is 5.75 Å². The maximum atomic E-state index is 11.2. The van der Waals surface area contributed by atoms with E-state index in [0.717, 1.165) is 6.07 Å². The monoisotopic (exact) mass is 259 g/mol. The first-order valence-electron chi connectivity index (χ1n) is 3.96. The standard InChI is InChI=1S/C9H6ClNO4S/c1-15-8-3-6(4-11)2-7(5-12)9(8)16(10,13)14/h2-3,5H,1H3. The third-order valence-electron chi connectivity index (χ3n) is 1.80. The van der Waals surface area contributed by atoms with Crippen molar-refractivity contribution in [2.45, 2.75) is 4.90 Å². The fourth-order valence-corrected chi connectivity index (χ4v) is 2.45. The maximum absolute atomic E-state index is 11.2. The molecule has 1 rings (SSSR count). The number of halogens is 1. The highest BCUT2D eigenvalue weighted by Crippen LogP contribution is 2.30. The van der Waals surface area contributed by atoms with Crippen molar-refractivity contribution in [1.82, 2.24) is 0 Å². The third kappa shape index (κ3) is 2.32. The lowest BCUT2D eigenvalue weighted by molar-refractivity contribution is 0.112. The van der Waals surface area contributed by atoms with E-state index in [9.17, 15) is 13.2 Å². The van der Waals surface area contributed by atoms with Crippen molar-refractivity contribution >= 4 is 26.0 Å². The lowest BCUT2D eigenvalue weighted by Gasteiger charge is -2.08. The molecule has 0 aliphatic heterocycles. The van der Waals surface area contributed by atoms with Gasteiger partial charge in [0, 0.05) is 16.2 Å². The molecule has 0 saturated carbocycles. The summed E-state index contributed by atoms with van der Waals surface area (Å²) in [6.07, 6.45) is 0.304. The molecule has 0 unspecified atom stereocenters. The van der Waals surface area contributed by atoms with Crippen LogP contribution < -0.4 is 4.74 Å². The Hall–Kier alpha value is -1.58. The normalized spacial score (nSPS) is 10.6. The van der Waals surface area contributed by atoms with Gasteiger partial charge in [-0.1, -0.05) is 0 Å². The van der Waals surface area contributed by atoms with Crippen LogP contribution in [0.15, 0.2) is 17.0 Å². The van der Waals surface area contributed by atoms with Gasteiger partial charge in [-0.2, -0.15) is 5.26 Å². The van der Waals surface area contributed by atoms with Crippen LogP contribution in [0.4, 0.5) is 0 Å². The van der Waals surface area contributed by atoms with E-state index < -0.39 is 13.9 Å². The summed E-state index contributed by atoms with van der Waals surface area (Å²) < 4.78 is 27.3. The van der Waals surface area contributed by atoms with Crippen molar-refractivity contribution in [3.05, 3.63) is 23.3 Å². The average molecular weight is 260 g/mol. The van der Waals surface area contributed by atoms with E-state index in [0.29, 0.717) is 6.29 Å². The highest BCUT2D eigenvalue weighted by atomic mass is 35.7. The van der Waals surface area contributed by atoms with E-state index in [-0.39, 0.29) is 16.9 Å². The molecule has 0 atom stereocenters. The van der Waals surface area contributed by atoms with Crippen molar-refractivity contribution in [3.8, 4) is 11.8 Å². The van der Waals surface area contributed by atoms with Gasteiger partial charge in [0.1, 0.15) is 10.6 Å². The molecule has 0 radical (unpaired) electrons. The molecule has 84 valence electrons. The van der Waals surface area contributed by atoms with Gasteiger partial charge < -0.3 is 4.74 Å². The number of benzene rings is 1. The largest absolute Gasteiger partial charge is 0.495 e. The summed E-state index contributed by atoms with van der Waals surface area (Å²) in [5.74, 6) is -0.129. The van der Waals surface area contributed by atoms with Crippen LogP contribution in [0, 0.1) is 11.3 Å². The lowest BCUT2D eigenvalue weighted by atomic mass is 10.1. The Kier molecular flexibility index (Phi) is 3.52. The average Bonchev–Trinajstić information content (AvgIpc) is 2.25. The van der Waals surface area contributed by atoms with E-state index in [1.807, 2.05) is 0 Å². The molecule has 0 aromatic heterocycles. The van der Waals surface area contributed by atoms with Gasteiger partial charge >= 0.3 is 0 Å². The first kappa shape index (κ1) is 12.5. The zero-order chi connectivity index (χ0) is 12.3. The number of nitrogens with zero attached hydrogens (tertiary/aromatic N) is 1. The highest BCUT2D eigenvalue weighted by molar-refractivity contribution is 8.13. The Labute approximate surface area is 96.6 Å². The summed E-state index contributed by atoms with van der Waals surface area (Å²) in [5, 5.41) is 8.67. The van der Waals surface area contributed by atoms with Gasteiger partial charge in [-0.25, -0.2) is 8.42 Å². The number of carbonyl (C=O) groups is 1. The van der Waals surface area contributed by atoms with Gasteiger partial charge in [0.05, 0.1) is 18.7 Å². The maximum Gasteiger partial charge on any atom is 0.265 e. The first-order chi connectivity index (χ1) is 7.43. The number of methoxy groups -OCH3 is 1. The van der Waals surface area contributed by atoms with Gasteiger partial charge in [0.15, 0.2) is 6.29 Å². The number of nitriles is 1. The Morgan fingerprint density at radius 3 is 2.50 bits per heavy atom. The quantitative estimate of drug-likeness (QED) is 0.603. The minimum Gasteiger partial charge on any atom is -0.495 e. The Morgan fingerprint density at radius 2 is 2.12 bits per heavy atom. The van der Waals surface area contributed by atoms with Crippen LogP contribution in [0.1, 0.15) is 15.9 Å². The third-order valence-corrected chi connectivity index (χ3v) is 3.19. The number of hydrogen-bond acceptors (Lipinski definition) is 5. The van der Waals surface area contributed by atoms with Gasteiger partial charge in [-0.05, 0) is 12.1 Å². The second-order valence-electron chi connectivity index (χ2n) is 2.76. The Bertz CT molecular complexity index is 574. The second-order valence-corrected chi connectivity index (χ2v) is 5.27. The summed E-state index contributed by atoms with van der Waals surface area (Å²) in [7, 11) is 2.28. The smallest absolute Gasteiger partial charge is 0.265 e. The number of carbonyl (C=O) groups excluding carboxylic acids is 1. The number of hydrogen-bond donors (Lipinski definition) is 0. The summed E-state index contributed by atoms with van der Waals surface area (Å²) in [6.45, 7) is 0. The minimum absolute atomic E-state index is 0.114. The van der Waals surface area contributed by atoms with Crippen LogP contribution in [-0.4, -0.2) is 21.8 Å². The van der Waals surface area contributed by atoms with Crippen LogP contribution >= 0.6 is 10.7 Å². The fraction of sp³-hybridized carbons (Fsp3) is 0.111. The van der Waals surface area contributed by atoms with Crippen molar-refractivity contribution in [1.29, 1.82) is 5.26 Å². The van der Waals surface area contributed by atoms with E-state index in [4.69, 9.17) is 20.7 Å². The highest BCUT2D eigenvalue weighted by Gasteiger charge is 2.22. The molecule has 0 N–H and O–H groups in total. The van der Waals surface area contributed by atoms with Crippen molar-refractivity contribution in [2.24, 2.45) is 0 Å². The topological polar surface area (TPSA) is 84.2 Å². The first-order valence-corrected chi connectivity index (χ1v) is 6.27. The van der Waals surface area contributed by atoms with E-state index in [2.05, 4.69) is 0 Å². The molecule has 0 spiro atoms. The zero-order valence-corrected chi connectivity index (χ0v) is 9.67. The second kappa shape index (κ2) is 4.51. The minimum atomic E-state index is -4.11. The molecule has 1 aromatic carbocycles. The molecule has 7 heteroatoms. The van der Waals surface area contributed by atoms with Gasteiger partial charge in [0.2, 0.25) is 0 Å². The zero-order valence-electron chi connectivity index (χ0n) is 8.10. The fourth-order valence-electron chi connectivity index (χ4n) is 1.19. The summed E-state index contributed by atoms with van der Waals surface area (Å²) in [4.78, 5) is 10.3. The van der Waals surface area contributed by atoms with Crippen LogP contribution in [0.3, 0.4) is 0 Å². The van der Waals surface area contributed by atoms with E-state index in [1.54, 1.807) is 6.07 Å². The number of rotatable bonds is 3. The molecule has 5 nitrogen and oxygen atoms in total. The van der Waals surface area contributed by atoms with Crippen LogP contribution in [0.2, 0.25) is 0 Å². The van der Waals surface area contributed by atoms with Crippen molar-refractivity contribution in [3.63, 3.8) is 0 Å². The van der Waals surface area contributed by atoms with Gasteiger partial charge in [0.25, 0.3) is 9.05 Å². The molecule has 0 saturated heterocycles. The summed E-state index contributed by atoms with van der Waals surface area (Å²) in [5.41, 5.74) is -0.0890. The van der Waals surface area contributed by atoms with E-state index >= 15 is 0 Å². The molecule has 16 heavy (non-hydrogen) atoms. The van der Waals surface area contributed by atoms with Crippen LogP contribution in [-0.2, 0) is 9.05 Å². The van der Waals surface area contributed by atoms with E-state index in [1.165, 1.54) is 13.2 Å².